The van der Waals surface area contributed by atoms with Crippen LogP contribution in [0.1, 0.15) is 30.4 Å². The largest absolute Gasteiger partial charge is 0.483 e. The summed E-state index contributed by atoms with van der Waals surface area (Å²) in [5, 5.41) is 0. The van der Waals surface area contributed by atoms with Gasteiger partial charge in [-0.2, -0.15) is 0 Å². The predicted octanol–water partition coefficient (Wildman–Crippen LogP) is 1.48. The molecule has 1 aromatic carbocycles. The molecule has 2 heterocycles. The van der Waals surface area contributed by atoms with Gasteiger partial charge in [-0.1, -0.05) is 12.1 Å². The SMILES string of the molecule is Cc1cccc(OCC(=O)N2CC[C@@H]3[C@@H](CCC(=O)N3CCN)C2)c1C. The van der Waals surface area contributed by atoms with E-state index in [2.05, 4.69) is 0 Å². The number of ether oxygens (including phenoxy) is 1. The molecule has 2 N–H and O–H groups in total. The molecular weight excluding hydrogens is 330 g/mol. The van der Waals surface area contributed by atoms with E-state index in [0.29, 0.717) is 38.5 Å². The van der Waals surface area contributed by atoms with E-state index in [4.69, 9.17) is 10.5 Å². The molecule has 6 heteroatoms. The smallest absolute Gasteiger partial charge is 0.260 e. The maximum atomic E-state index is 12.6. The molecule has 142 valence electrons. The lowest BCUT2D eigenvalue weighted by molar-refractivity contribution is -0.144. The first-order chi connectivity index (χ1) is 12.5. The zero-order chi connectivity index (χ0) is 18.7. The Bertz CT molecular complexity index is 676. The lowest BCUT2D eigenvalue weighted by atomic mass is 9.83. The molecule has 0 spiro atoms. The van der Waals surface area contributed by atoms with Gasteiger partial charge in [-0.15, -0.1) is 0 Å². The van der Waals surface area contributed by atoms with Crippen molar-refractivity contribution in [1.82, 2.24) is 9.80 Å². The maximum absolute atomic E-state index is 12.6. The number of aryl methyl sites for hydroxylation is 1. The second-order valence-corrected chi connectivity index (χ2v) is 7.36. The first-order valence-corrected chi connectivity index (χ1v) is 9.47. The van der Waals surface area contributed by atoms with Crippen LogP contribution in [0.2, 0.25) is 0 Å². The summed E-state index contributed by atoms with van der Waals surface area (Å²) in [6.07, 6.45) is 2.24. The van der Waals surface area contributed by atoms with Crippen LogP contribution in [0.5, 0.6) is 5.75 Å². The molecule has 2 aliphatic heterocycles. The minimum absolute atomic E-state index is 0.0200. The van der Waals surface area contributed by atoms with Crippen molar-refractivity contribution in [3.05, 3.63) is 29.3 Å². The van der Waals surface area contributed by atoms with Crippen LogP contribution in [-0.2, 0) is 9.59 Å². The van der Waals surface area contributed by atoms with Gasteiger partial charge in [-0.25, -0.2) is 0 Å². The van der Waals surface area contributed by atoms with Gasteiger partial charge >= 0.3 is 0 Å². The third-order valence-electron chi connectivity index (χ3n) is 5.77. The Morgan fingerprint density at radius 1 is 1.31 bits per heavy atom. The Labute approximate surface area is 155 Å². The number of fused-ring (bicyclic) bond motifs is 1. The molecule has 0 radical (unpaired) electrons. The molecule has 2 fully saturated rings. The molecule has 2 atom stereocenters. The van der Waals surface area contributed by atoms with E-state index in [1.807, 2.05) is 41.8 Å². The highest BCUT2D eigenvalue weighted by Gasteiger charge is 2.39. The van der Waals surface area contributed by atoms with E-state index in [9.17, 15) is 9.59 Å². The molecule has 0 saturated carbocycles. The number of piperidine rings is 2. The number of benzene rings is 1. The van der Waals surface area contributed by atoms with Crippen molar-refractivity contribution in [2.75, 3.05) is 32.8 Å². The minimum atomic E-state index is 0.0200. The summed E-state index contributed by atoms with van der Waals surface area (Å²) in [7, 11) is 0. The van der Waals surface area contributed by atoms with Gasteiger partial charge in [-0.05, 0) is 49.8 Å². The van der Waals surface area contributed by atoms with E-state index in [1.54, 1.807) is 0 Å². The van der Waals surface area contributed by atoms with Crippen LogP contribution in [-0.4, -0.2) is 60.4 Å². The lowest BCUT2D eigenvalue weighted by Crippen LogP contribution is -2.58. The Hall–Kier alpha value is -2.08. The summed E-state index contributed by atoms with van der Waals surface area (Å²) in [5.74, 6) is 1.34. The summed E-state index contributed by atoms with van der Waals surface area (Å²) in [4.78, 5) is 28.6. The fourth-order valence-electron chi connectivity index (χ4n) is 4.12. The number of carbonyl (C=O) groups excluding carboxylic acids is 2. The molecule has 1 aromatic rings. The summed E-state index contributed by atoms with van der Waals surface area (Å²) >= 11 is 0. The number of hydrogen-bond acceptors (Lipinski definition) is 4. The van der Waals surface area contributed by atoms with Gasteiger partial charge in [-0.3, -0.25) is 9.59 Å². The molecule has 6 nitrogen and oxygen atoms in total. The fourth-order valence-corrected chi connectivity index (χ4v) is 4.12. The van der Waals surface area contributed by atoms with Crippen molar-refractivity contribution in [3.8, 4) is 5.75 Å². The van der Waals surface area contributed by atoms with Crippen molar-refractivity contribution in [1.29, 1.82) is 0 Å². The molecular formula is C20H29N3O3. The highest BCUT2D eigenvalue weighted by atomic mass is 16.5. The number of rotatable bonds is 5. The molecule has 0 aromatic heterocycles. The van der Waals surface area contributed by atoms with Gasteiger partial charge in [0.25, 0.3) is 5.91 Å². The van der Waals surface area contributed by atoms with Crippen molar-refractivity contribution in [3.63, 3.8) is 0 Å². The van der Waals surface area contributed by atoms with E-state index in [1.165, 1.54) is 0 Å². The van der Waals surface area contributed by atoms with Gasteiger partial charge in [0.2, 0.25) is 5.91 Å². The first kappa shape index (κ1) is 18.7. The van der Waals surface area contributed by atoms with Gasteiger partial charge < -0.3 is 20.3 Å². The molecule has 0 bridgehead atoms. The van der Waals surface area contributed by atoms with Crippen LogP contribution in [0.4, 0.5) is 0 Å². The monoisotopic (exact) mass is 359 g/mol. The van der Waals surface area contributed by atoms with Gasteiger partial charge in [0.15, 0.2) is 6.61 Å². The molecule has 26 heavy (non-hydrogen) atoms. The van der Waals surface area contributed by atoms with Gasteiger partial charge in [0.1, 0.15) is 5.75 Å². The third-order valence-corrected chi connectivity index (χ3v) is 5.77. The van der Waals surface area contributed by atoms with E-state index in [0.717, 1.165) is 29.7 Å². The number of nitrogens with zero attached hydrogens (tertiary/aromatic N) is 2. The fraction of sp³-hybridized carbons (Fsp3) is 0.600. The average molecular weight is 359 g/mol. The maximum Gasteiger partial charge on any atom is 0.260 e. The number of amides is 2. The zero-order valence-corrected chi connectivity index (χ0v) is 15.7. The van der Waals surface area contributed by atoms with Crippen LogP contribution in [0.25, 0.3) is 0 Å². The van der Waals surface area contributed by atoms with Gasteiger partial charge in [0, 0.05) is 38.6 Å². The second-order valence-electron chi connectivity index (χ2n) is 7.36. The van der Waals surface area contributed by atoms with Crippen molar-refractivity contribution in [2.24, 2.45) is 11.7 Å². The van der Waals surface area contributed by atoms with E-state index >= 15 is 0 Å². The van der Waals surface area contributed by atoms with Crippen LogP contribution in [0.15, 0.2) is 18.2 Å². The summed E-state index contributed by atoms with van der Waals surface area (Å²) in [6.45, 7) is 6.58. The minimum Gasteiger partial charge on any atom is -0.483 e. The van der Waals surface area contributed by atoms with Crippen LogP contribution >= 0.6 is 0 Å². The Morgan fingerprint density at radius 3 is 2.88 bits per heavy atom. The number of carbonyl (C=O) groups is 2. The number of likely N-dealkylation sites (tertiary alicyclic amines) is 2. The average Bonchev–Trinajstić information content (AvgIpc) is 2.64. The molecule has 2 amide bonds. The summed E-state index contributed by atoms with van der Waals surface area (Å²) in [5.41, 5.74) is 7.89. The van der Waals surface area contributed by atoms with Crippen molar-refractivity contribution in [2.45, 2.75) is 39.2 Å². The highest BCUT2D eigenvalue weighted by molar-refractivity contribution is 5.79. The predicted molar refractivity (Wildman–Crippen MR) is 99.9 cm³/mol. The van der Waals surface area contributed by atoms with E-state index < -0.39 is 0 Å². The molecule has 0 unspecified atom stereocenters. The van der Waals surface area contributed by atoms with E-state index in [-0.39, 0.29) is 24.5 Å². The summed E-state index contributed by atoms with van der Waals surface area (Å²) < 4.78 is 5.77. The van der Waals surface area contributed by atoms with Crippen molar-refractivity contribution < 1.29 is 14.3 Å². The Kier molecular flexibility index (Phi) is 5.81. The number of hydrogen-bond donors (Lipinski definition) is 1. The topological polar surface area (TPSA) is 75.9 Å². The van der Waals surface area contributed by atoms with Crippen LogP contribution in [0.3, 0.4) is 0 Å². The normalized spacial score (nSPS) is 23.0. The van der Waals surface area contributed by atoms with Gasteiger partial charge in [0.05, 0.1) is 0 Å². The second kappa shape index (κ2) is 8.08. The van der Waals surface area contributed by atoms with Crippen molar-refractivity contribution >= 4 is 11.8 Å². The highest BCUT2D eigenvalue weighted by Crippen LogP contribution is 2.31. The Morgan fingerprint density at radius 2 is 2.12 bits per heavy atom. The van der Waals surface area contributed by atoms with Crippen LogP contribution in [0, 0.1) is 19.8 Å². The standard InChI is InChI=1S/C20H29N3O3/c1-14-4-3-5-18(15(14)2)26-13-20(25)22-10-8-17-16(12-22)6-7-19(24)23(17)11-9-21/h3-5,16-17H,6-13,21H2,1-2H3/t16-,17+/m0/s1. The Balaban J connectivity index is 1.57. The third kappa shape index (κ3) is 3.85. The lowest BCUT2D eigenvalue weighted by Gasteiger charge is -2.47. The molecule has 3 rings (SSSR count). The molecule has 0 aliphatic carbocycles. The zero-order valence-electron chi connectivity index (χ0n) is 15.7. The van der Waals surface area contributed by atoms with Crippen LogP contribution < -0.4 is 10.5 Å². The quantitative estimate of drug-likeness (QED) is 0.864. The first-order valence-electron chi connectivity index (χ1n) is 9.47. The molecule has 2 saturated heterocycles. The number of nitrogens with two attached hydrogens (primary N) is 1. The molecule has 2 aliphatic rings. The summed E-state index contributed by atoms with van der Waals surface area (Å²) in [6, 6.07) is 6.10.